The fourth-order valence-electron chi connectivity index (χ4n) is 2.74. The molecule has 0 atom stereocenters. The van der Waals surface area contributed by atoms with Crippen LogP contribution in [-0.2, 0) is 5.41 Å². The number of hydrogen-bond donors (Lipinski definition) is 1. The van der Waals surface area contributed by atoms with Gasteiger partial charge in [0.2, 0.25) is 0 Å². The van der Waals surface area contributed by atoms with Crippen LogP contribution in [0.3, 0.4) is 0 Å². The Morgan fingerprint density at radius 3 is 2.53 bits per heavy atom. The van der Waals surface area contributed by atoms with Crippen molar-refractivity contribution in [3.8, 4) is 5.75 Å². The maximum atomic E-state index is 11.8. The third-order valence-corrected chi connectivity index (χ3v) is 3.16. The van der Waals surface area contributed by atoms with Crippen LogP contribution in [0.4, 0.5) is 0 Å². The summed E-state index contributed by atoms with van der Waals surface area (Å²) in [6.45, 7) is 10.9. The van der Waals surface area contributed by atoms with Crippen molar-refractivity contribution in [1.29, 1.82) is 0 Å². The Hall–Kier alpha value is -1.51. The molecule has 1 N–H and O–H groups in total. The van der Waals surface area contributed by atoms with Crippen LogP contribution < -0.4 is 10.1 Å². The summed E-state index contributed by atoms with van der Waals surface area (Å²) in [6.07, 6.45) is 0. The summed E-state index contributed by atoms with van der Waals surface area (Å²) in [6, 6.07) is 1.93. The highest BCUT2D eigenvalue weighted by atomic mass is 16.5. The Balaban J connectivity index is 2.71. The second-order valence-corrected chi connectivity index (χ2v) is 5.61. The molecule has 3 heteroatoms. The van der Waals surface area contributed by atoms with E-state index in [2.05, 4.69) is 33.0 Å². The summed E-state index contributed by atoms with van der Waals surface area (Å²) >= 11 is 0. The number of carbonyl (C=O) groups is 1. The van der Waals surface area contributed by atoms with Crippen molar-refractivity contribution in [2.75, 3.05) is 6.73 Å². The maximum Gasteiger partial charge on any atom is 0.257 e. The molecule has 3 nitrogen and oxygen atoms in total. The first-order valence-corrected chi connectivity index (χ1v) is 5.88. The summed E-state index contributed by atoms with van der Waals surface area (Å²) < 4.78 is 5.58. The molecule has 0 aliphatic carbocycles. The van der Waals surface area contributed by atoms with E-state index in [1.165, 1.54) is 5.56 Å². The van der Waals surface area contributed by atoms with Gasteiger partial charge in [-0.3, -0.25) is 4.79 Å². The molecule has 2 rings (SSSR count). The maximum absolute atomic E-state index is 11.8. The first-order chi connectivity index (χ1) is 7.82. The molecule has 1 heterocycles. The Morgan fingerprint density at radius 2 is 1.94 bits per heavy atom. The molecule has 1 aliphatic rings. The van der Waals surface area contributed by atoms with Crippen molar-refractivity contribution < 1.29 is 9.53 Å². The van der Waals surface area contributed by atoms with Crippen molar-refractivity contribution >= 4 is 5.91 Å². The highest BCUT2D eigenvalue weighted by Gasteiger charge is 2.27. The molecule has 0 saturated carbocycles. The highest BCUT2D eigenvalue weighted by molar-refractivity contribution is 5.98. The summed E-state index contributed by atoms with van der Waals surface area (Å²) in [7, 11) is 0. The lowest BCUT2D eigenvalue weighted by Gasteiger charge is -2.29. The third-order valence-electron chi connectivity index (χ3n) is 3.16. The van der Waals surface area contributed by atoms with Gasteiger partial charge in [0.05, 0.1) is 5.56 Å². The molecule has 0 aromatic heterocycles. The molecule has 1 amide bonds. The quantitative estimate of drug-likeness (QED) is 0.748. The smallest absolute Gasteiger partial charge is 0.257 e. The van der Waals surface area contributed by atoms with Gasteiger partial charge < -0.3 is 10.1 Å². The average molecular weight is 233 g/mol. The van der Waals surface area contributed by atoms with E-state index in [1.807, 2.05) is 13.0 Å². The van der Waals surface area contributed by atoms with Crippen LogP contribution in [0.15, 0.2) is 6.07 Å². The van der Waals surface area contributed by atoms with E-state index in [1.54, 1.807) is 0 Å². The van der Waals surface area contributed by atoms with Crippen LogP contribution >= 0.6 is 0 Å². The Labute approximate surface area is 102 Å². The van der Waals surface area contributed by atoms with Gasteiger partial charge in [-0.05, 0) is 42.0 Å². The number of hydrogen-bond acceptors (Lipinski definition) is 2. The minimum Gasteiger partial charge on any atom is -0.472 e. The van der Waals surface area contributed by atoms with Crippen LogP contribution in [-0.4, -0.2) is 12.6 Å². The first-order valence-electron chi connectivity index (χ1n) is 5.88. The normalized spacial score (nSPS) is 15.0. The molecule has 0 bridgehead atoms. The van der Waals surface area contributed by atoms with Crippen LogP contribution in [0.5, 0.6) is 5.75 Å². The second kappa shape index (κ2) is 3.76. The molecule has 0 saturated heterocycles. The molecule has 17 heavy (non-hydrogen) atoms. The molecule has 0 radical (unpaired) electrons. The lowest BCUT2D eigenvalue weighted by molar-refractivity contribution is 0.0882. The highest BCUT2D eigenvalue weighted by Crippen LogP contribution is 2.37. The fraction of sp³-hybridized carbons (Fsp3) is 0.500. The van der Waals surface area contributed by atoms with Crippen LogP contribution in [0, 0.1) is 13.8 Å². The van der Waals surface area contributed by atoms with E-state index >= 15 is 0 Å². The Bertz CT molecular complexity index is 484. The zero-order valence-corrected chi connectivity index (χ0v) is 11.1. The van der Waals surface area contributed by atoms with Gasteiger partial charge in [-0.1, -0.05) is 20.8 Å². The molecule has 1 aromatic rings. The van der Waals surface area contributed by atoms with E-state index in [0.29, 0.717) is 5.56 Å². The van der Waals surface area contributed by atoms with E-state index < -0.39 is 0 Å². The Morgan fingerprint density at radius 1 is 1.29 bits per heavy atom. The Kier molecular flexibility index (Phi) is 2.64. The number of amides is 1. The van der Waals surface area contributed by atoms with Gasteiger partial charge in [-0.2, -0.15) is 0 Å². The minimum atomic E-state index is -0.0436. The van der Waals surface area contributed by atoms with E-state index in [9.17, 15) is 4.79 Å². The monoisotopic (exact) mass is 233 g/mol. The molecular weight excluding hydrogens is 214 g/mol. The summed E-state index contributed by atoms with van der Waals surface area (Å²) in [5.74, 6) is 0.696. The third kappa shape index (κ3) is 1.90. The number of fused-ring (bicyclic) bond motifs is 1. The van der Waals surface area contributed by atoms with Gasteiger partial charge in [-0.25, -0.2) is 0 Å². The van der Waals surface area contributed by atoms with E-state index in [-0.39, 0.29) is 18.1 Å². The van der Waals surface area contributed by atoms with Crippen molar-refractivity contribution in [1.82, 2.24) is 5.32 Å². The second-order valence-electron chi connectivity index (χ2n) is 5.61. The van der Waals surface area contributed by atoms with Gasteiger partial charge in [0.25, 0.3) is 5.91 Å². The van der Waals surface area contributed by atoms with Crippen molar-refractivity contribution in [3.63, 3.8) is 0 Å². The van der Waals surface area contributed by atoms with Gasteiger partial charge in [0.15, 0.2) is 6.73 Å². The molecule has 0 spiro atoms. The fourth-order valence-corrected chi connectivity index (χ4v) is 2.74. The lowest BCUT2D eigenvalue weighted by atomic mass is 9.80. The molecule has 1 aliphatic heterocycles. The van der Waals surface area contributed by atoms with Crippen molar-refractivity contribution in [2.45, 2.75) is 40.0 Å². The van der Waals surface area contributed by atoms with Crippen LogP contribution in [0.25, 0.3) is 0 Å². The van der Waals surface area contributed by atoms with Crippen LogP contribution in [0.2, 0.25) is 0 Å². The average Bonchev–Trinajstić information content (AvgIpc) is 2.17. The topological polar surface area (TPSA) is 38.3 Å². The summed E-state index contributed by atoms with van der Waals surface area (Å²) in [4.78, 5) is 11.8. The van der Waals surface area contributed by atoms with E-state index in [0.717, 1.165) is 16.9 Å². The van der Waals surface area contributed by atoms with Crippen molar-refractivity contribution in [3.05, 3.63) is 28.3 Å². The summed E-state index contributed by atoms with van der Waals surface area (Å²) in [5, 5.41) is 2.69. The number of rotatable bonds is 0. The predicted octanol–water partition coefficient (Wildman–Crippen LogP) is 2.68. The van der Waals surface area contributed by atoms with Gasteiger partial charge in [0.1, 0.15) is 5.75 Å². The molecule has 1 aromatic carbocycles. The van der Waals surface area contributed by atoms with Gasteiger partial charge in [0, 0.05) is 0 Å². The standard InChI is InChI=1S/C14H19NO2/c1-8-6-10-12(17-7-15-13(10)16)9(2)11(8)14(3,4)5/h6H,7H2,1-5H3,(H,15,16). The molecule has 0 unspecified atom stereocenters. The number of carbonyl (C=O) groups excluding carboxylic acids is 1. The largest absolute Gasteiger partial charge is 0.472 e. The minimum absolute atomic E-state index is 0.0436. The zero-order chi connectivity index (χ0) is 12.8. The van der Waals surface area contributed by atoms with Crippen LogP contribution in [0.1, 0.15) is 47.8 Å². The SMILES string of the molecule is Cc1cc2c(c(C)c1C(C)(C)C)OCNC2=O. The number of nitrogens with one attached hydrogen (secondary N) is 1. The van der Waals surface area contributed by atoms with E-state index in [4.69, 9.17) is 4.74 Å². The number of ether oxygens (including phenoxy) is 1. The van der Waals surface area contributed by atoms with Gasteiger partial charge in [-0.15, -0.1) is 0 Å². The lowest BCUT2D eigenvalue weighted by Crippen LogP contribution is -2.34. The molecular formula is C14H19NO2. The number of aryl methyl sites for hydroxylation is 1. The predicted molar refractivity (Wildman–Crippen MR) is 67.6 cm³/mol. The molecule has 0 fully saturated rings. The van der Waals surface area contributed by atoms with Crippen molar-refractivity contribution in [2.24, 2.45) is 0 Å². The summed E-state index contributed by atoms with van der Waals surface area (Å²) in [5.41, 5.74) is 4.21. The number of benzene rings is 1. The zero-order valence-electron chi connectivity index (χ0n) is 11.1. The first kappa shape index (κ1) is 12.0. The molecule has 92 valence electrons. The van der Waals surface area contributed by atoms with Gasteiger partial charge >= 0.3 is 0 Å².